The van der Waals surface area contributed by atoms with Gasteiger partial charge in [-0.2, -0.15) is 0 Å². The van der Waals surface area contributed by atoms with E-state index >= 15 is 0 Å². The van der Waals surface area contributed by atoms with Crippen molar-refractivity contribution in [2.24, 2.45) is 0 Å². The van der Waals surface area contributed by atoms with Crippen LogP contribution in [0.3, 0.4) is 0 Å². The summed E-state index contributed by atoms with van der Waals surface area (Å²) in [5.74, 6) is -1.37. The van der Waals surface area contributed by atoms with E-state index in [0.29, 0.717) is 5.75 Å². The summed E-state index contributed by atoms with van der Waals surface area (Å²) in [6, 6.07) is 13.3. The third kappa shape index (κ3) is 5.80. The van der Waals surface area contributed by atoms with Gasteiger partial charge in [-0.05, 0) is 36.2 Å². The molecule has 0 fully saturated rings. The summed E-state index contributed by atoms with van der Waals surface area (Å²) < 4.78 is 5.59. The molecule has 2 rings (SSSR count). The highest BCUT2D eigenvalue weighted by atomic mass is 16.5. The number of fused-ring (bicyclic) bond motifs is 1. The minimum absolute atomic E-state index is 0.0203. The summed E-state index contributed by atoms with van der Waals surface area (Å²) in [4.78, 5) is 33.8. The van der Waals surface area contributed by atoms with Gasteiger partial charge in [-0.15, -0.1) is 0 Å². The van der Waals surface area contributed by atoms with Gasteiger partial charge in [-0.3, -0.25) is 25.2 Å². The molecule has 7 nitrogen and oxygen atoms in total. The lowest BCUT2D eigenvalue weighted by Gasteiger charge is -2.15. The number of nitrogens with one attached hydrogen (secondary N) is 2. The molecule has 2 amide bonds. The van der Waals surface area contributed by atoms with Gasteiger partial charge >= 0.3 is 5.97 Å². The molecule has 25 heavy (non-hydrogen) atoms. The van der Waals surface area contributed by atoms with Gasteiger partial charge in [0.2, 0.25) is 5.91 Å². The Morgan fingerprint density at radius 2 is 1.76 bits per heavy atom. The minimum atomic E-state index is -0.964. The fraction of sp³-hybridized carbons (Fsp3) is 0.278. The largest absolute Gasteiger partial charge is 0.481 e. The Labute approximate surface area is 144 Å². The van der Waals surface area contributed by atoms with E-state index in [4.69, 9.17) is 9.84 Å². The van der Waals surface area contributed by atoms with Crippen LogP contribution in [0.2, 0.25) is 0 Å². The van der Waals surface area contributed by atoms with Crippen LogP contribution in [0, 0.1) is 0 Å². The Balaban J connectivity index is 1.80. The number of hydrogen-bond donors (Lipinski definition) is 3. The summed E-state index contributed by atoms with van der Waals surface area (Å²) >= 11 is 0. The Morgan fingerprint density at radius 1 is 1.04 bits per heavy atom. The van der Waals surface area contributed by atoms with E-state index < -0.39 is 23.9 Å². The SMILES string of the molecule is CC(Oc1ccc2ccccc2c1)C(=O)NNC(=O)CCCC(=O)O. The van der Waals surface area contributed by atoms with Crippen LogP contribution < -0.4 is 15.6 Å². The number of benzene rings is 2. The number of carboxylic acid groups (broad SMARTS) is 1. The van der Waals surface area contributed by atoms with Crippen molar-refractivity contribution < 1.29 is 24.2 Å². The first-order valence-corrected chi connectivity index (χ1v) is 7.91. The lowest BCUT2D eigenvalue weighted by molar-refractivity contribution is -0.137. The number of carbonyl (C=O) groups excluding carboxylic acids is 2. The predicted molar refractivity (Wildman–Crippen MR) is 91.8 cm³/mol. The van der Waals surface area contributed by atoms with E-state index in [0.717, 1.165) is 10.8 Å². The van der Waals surface area contributed by atoms with E-state index in [1.807, 2.05) is 36.4 Å². The molecule has 132 valence electrons. The number of carbonyl (C=O) groups is 3. The maximum Gasteiger partial charge on any atom is 0.303 e. The zero-order valence-electron chi connectivity index (χ0n) is 13.8. The van der Waals surface area contributed by atoms with Gasteiger partial charge in [0, 0.05) is 12.8 Å². The van der Waals surface area contributed by atoms with Crippen LogP contribution in [0.25, 0.3) is 10.8 Å². The average molecular weight is 344 g/mol. The van der Waals surface area contributed by atoms with E-state index in [1.165, 1.54) is 0 Å². The molecule has 0 spiro atoms. The molecule has 0 saturated heterocycles. The number of carboxylic acids is 1. The van der Waals surface area contributed by atoms with E-state index in [2.05, 4.69) is 10.9 Å². The van der Waals surface area contributed by atoms with Crippen LogP contribution in [0.4, 0.5) is 0 Å². The first kappa shape index (κ1) is 18.3. The molecule has 0 aliphatic rings. The molecular formula is C18H20N2O5. The highest BCUT2D eigenvalue weighted by Gasteiger charge is 2.15. The Kier molecular flexibility index (Phi) is 6.33. The van der Waals surface area contributed by atoms with Crippen molar-refractivity contribution in [3.05, 3.63) is 42.5 Å². The van der Waals surface area contributed by atoms with Crippen LogP contribution in [0.15, 0.2) is 42.5 Å². The molecule has 0 heterocycles. The Hall–Kier alpha value is -3.09. The zero-order valence-corrected chi connectivity index (χ0v) is 13.8. The Morgan fingerprint density at radius 3 is 2.48 bits per heavy atom. The van der Waals surface area contributed by atoms with Gasteiger partial charge in [0.25, 0.3) is 5.91 Å². The van der Waals surface area contributed by atoms with Crippen LogP contribution in [0.1, 0.15) is 26.2 Å². The molecule has 2 aromatic rings. The molecule has 0 aliphatic carbocycles. The van der Waals surface area contributed by atoms with Gasteiger partial charge in [0.05, 0.1) is 0 Å². The van der Waals surface area contributed by atoms with Crippen molar-refractivity contribution in [1.29, 1.82) is 0 Å². The van der Waals surface area contributed by atoms with Gasteiger partial charge in [0.1, 0.15) is 5.75 Å². The summed E-state index contributed by atoms with van der Waals surface area (Å²) in [6.07, 6.45) is -0.671. The van der Waals surface area contributed by atoms with Crippen molar-refractivity contribution in [2.45, 2.75) is 32.3 Å². The number of hydrazine groups is 1. The second-order valence-electron chi connectivity index (χ2n) is 5.55. The van der Waals surface area contributed by atoms with Crippen molar-refractivity contribution in [3.8, 4) is 5.75 Å². The predicted octanol–water partition coefficient (Wildman–Crippen LogP) is 2.01. The third-order valence-corrected chi connectivity index (χ3v) is 3.52. The number of hydrogen-bond acceptors (Lipinski definition) is 4. The van der Waals surface area contributed by atoms with Crippen molar-refractivity contribution >= 4 is 28.6 Å². The zero-order chi connectivity index (χ0) is 18.2. The van der Waals surface area contributed by atoms with Gasteiger partial charge in [-0.25, -0.2) is 0 Å². The van der Waals surface area contributed by atoms with Crippen molar-refractivity contribution in [3.63, 3.8) is 0 Å². The van der Waals surface area contributed by atoms with Crippen LogP contribution in [-0.4, -0.2) is 29.0 Å². The van der Waals surface area contributed by atoms with Crippen molar-refractivity contribution in [2.75, 3.05) is 0 Å². The van der Waals surface area contributed by atoms with Gasteiger partial charge in [-0.1, -0.05) is 30.3 Å². The standard InChI is InChI=1S/C18H20N2O5/c1-12(18(24)20-19-16(21)7-4-8-17(22)23)25-15-10-9-13-5-2-3-6-14(13)11-15/h2-3,5-6,9-12H,4,7-8H2,1H3,(H,19,21)(H,20,24)(H,22,23). The molecule has 0 bridgehead atoms. The lowest BCUT2D eigenvalue weighted by atomic mass is 10.1. The molecule has 0 saturated carbocycles. The summed E-state index contributed by atoms with van der Waals surface area (Å²) in [6.45, 7) is 1.57. The van der Waals surface area contributed by atoms with E-state index in [1.54, 1.807) is 13.0 Å². The summed E-state index contributed by atoms with van der Waals surface area (Å²) in [5.41, 5.74) is 4.51. The minimum Gasteiger partial charge on any atom is -0.481 e. The second-order valence-corrected chi connectivity index (χ2v) is 5.55. The third-order valence-electron chi connectivity index (χ3n) is 3.52. The highest BCUT2D eigenvalue weighted by Crippen LogP contribution is 2.21. The van der Waals surface area contributed by atoms with Gasteiger partial charge in [0.15, 0.2) is 6.10 Å². The normalized spacial score (nSPS) is 11.6. The highest BCUT2D eigenvalue weighted by molar-refractivity contribution is 5.86. The topological polar surface area (TPSA) is 105 Å². The molecule has 0 aliphatic heterocycles. The fourth-order valence-electron chi connectivity index (χ4n) is 2.19. The molecule has 1 atom stereocenters. The number of aliphatic carboxylic acids is 1. The molecule has 2 aromatic carbocycles. The second kappa shape index (κ2) is 8.68. The number of amides is 2. The number of ether oxygens (including phenoxy) is 1. The maximum absolute atomic E-state index is 12.0. The lowest BCUT2D eigenvalue weighted by Crippen LogP contribution is -2.47. The average Bonchev–Trinajstić information content (AvgIpc) is 2.59. The summed E-state index contributed by atoms with van der Waals surface area (Å²) in [5, 5.41) is 10.6. The molecular weight excluding hydrogens is 324 g/mol. The quantitative estimate of drug-likeness (QED) is 0.667. The smallest absolute Gasteiger partial charge is 0.303 e. The van der Waals surface area contributed by atoms with E-state index in [-0.39, 0.29) is 19.3 Å². The van der Waals surface area contributed by atoms with Crippen LogP contribution in [0.5, 0.6) is 5.75 Å². The van der Waals surface area contributed by atoms with Crippen molar-refractivity contribution in [1.82, 2.24) is 10.9 Å². The molecule has 1 unspecified atom stereocenters. The van der Waals surface area contributed by atoms with Crippen LogP contribution >= 0.6 is 0 Å². The van der Waals surface area contributed by atoms with Crippen LogP contribution in [-0.2, 0) is 14.4 Å². The Bertz CT molecular complexity index is 775. The summed E-state index contributed by atoms with van der Waals surface area (Å²) in [7, 11) is 0. The molecule has 3 N–H and O–H groups in total. The first-order valence-electron chi connectivity index (χ1n) is 7.91. The maximum atomic E-state index is 12.0. The number of rotatable bonds is 7. The monoisotopic (exact) mass is 344 g/mol. The molecule has 0 radical (unpaired) electrons. The molecule has 0 aromatic heterocycles. The molecule has 7 heteroatoms. The van der Waals surface area contributed by atoms with E-state index in [9.17, 15) is 14.4 Å². The first-order chi connectivity index (χ1) is 12.0. The van der Waals surface area contributed by atoms with Gasteiger partial charge < -0.3 is 9.84 Å². The fourth-order valence-corrected chi connectivity index (χ4v) is 2.19.